The van der Waals surface area contributed by atoms with Gasteiger partial charge in [-0.3, -0.25) is 0 Å². The first-order valence-electron chi connectivity index (χ1n) is 5.89. The molecule has 2 aromatic rings. The molecule has 0 saturated heterocycles. The number of rotatable bonds is 3. The third kappa shape index (κ3) is 2.67. The molecule has 0 fully saturated rings. The molecule has 0 amide bonds. The summed E-state index contributed by atoms with van der Waals surface area (Å²) < 4.78 is 52.8. The van der Waals surface area contributed by atoms with Crippen LogP contribution in [0.5, 0.6) is 5.75 Å². The molecule has 4 nitrogen and oxygen atoms in total. The van der Waals surface area contributed by atoms with Crippen LogP contribution in [0.3, 0.4) is 0 Å². The van der Waals surface area contributed by atoms with E-state index >= 15 is 0 Å². The average molecular weight is 315 g/mol. The van der Waals surface area contributed by atoms with Gasteiger partial charge in [-0.05, 0) is 23.8 Å². The van der Waals surface area contributed by atoms with E-state index in [-0.39, 0.29) is 11.3 Å². The summed E-state index contributed by atoms with van der Waals surface area (Å²) in [5, 5.41) is 18.7. The highest BCUT2D eigenvalue weighted by molar-refractivity contribution is 5.92. The highest BCUT2D eigenvalue weighted by atomic mass is 19.2. The number of halogens is 4. The SMILES string of the molecule is Nc1cc(Cc2cc(F)c(F)c(F)c2F)c(O)c(C(=O)O)c1. The van der Waals surface area contributed by atoms with Gasteiger partial charge in [0.1, 0.15) is 11.3 Å². The number of hydrogen-bond acceptors (Lipinski definition) is 3. The van der Waals surface area contributed by atoms with Gasteiger partial charge in [0.25, 0.3) is 0 Å². The van der Waals surface area contributed by atoms with Crippen LogP contribution in [0, 0.1) is 23.3 Å². The second-order valence-electron chi connectivity index (χ2n) is 4.52. The Labute approximate surface area is 121 Å². The molecule has 0 aliphatic heterocycles. The van der Waals surface area contributed by atoms with Gasteiger partial charge in [-0.2, -0.15) is 0 Å². The Kier molecular flexibility index (Phi) is 3.94. The van der Waals surface area contributed by atoms with Crippen molar-refractivity contribution in [3.05, 3.63) is 58.2 Å². The fourth-order valence-corrected chi connectivity index (χ4v) is 1.97. The molecule has 0 aliphatic rings. The van der Waals surface area contributed by atoms with Crippen molar-refractivity contribution < 1.29 is 32.6 Å². The van der Waals surface area contributed by atoms with Gasteiger partial charge in [-0.25, -0.2) is 22.4 Å². The normalized spacial score (nSPS) is 10.7. The standard InChI is InChI=1S/C14H9F4NO3/c15-9-3-5(10(16)12(18)11(9)17)1-6-2-7(19)4-8(13(6)20)14(21)22/h2-4,20H,1,19H2,(H,21,22). The van der Waals surface area contributed by atoms with Gasteiger partial charge < -0.3 is 15.9 Å². The molecule has 0 aliphatic carbocycles. The Morgan fingerprint density at radius 3 is 2.23 bits per heavy atom. The lowest BCUT2D eigenvalue weighted by Crippen LogP contribution is -2.05. The molecule has 0 aromatic heterocycles. The Balaban J connectivity index is 2.55. The molecule has 8 heteroatoms. The molecule has 0 heterocycles. The predicted octanol–water partition coefficient (Wildman–Crippen LogP) is 2.82. The highest BCUT2D eigenvalue weighted by Gasteiger charge is 2.21. The molecule has 0 radical (unpaired) electrons. The van der Waals surface area contributed by atoms with E-state index in [0.717, 1.165) is 12.1 Å². The minimum Gasteiger partial charge on any atom is -0.507 e. The van der Waals surface area contributed by atoms with Crippen LogP contribution in [0.25, 0.3) is 0 Å². The zero-order valence-corrected chi connectivity index (χ0v) is 10.8. The second-order valence-corrected chi connectivity index (χ2v) is 4.52. The van der Waals surface area contributed by atoms with E-state index in [9.17, 15) is 27.5 Å². The van der Waals surface area contributed by atoms with Crippen LogP contribution in [0.1, 0.15) is 21.5 Å². The maximum absolute atomic E-state index is 13.6. The van der Waals surface area contributed by atoms with Gasteiger partial charge in [0, 0.05) is 17.7 Å². The fraction of sp³-hybridized carbons (Fsp3) is 0.0714. The highest BCUT2D eigenvalue weighted by Crippen LogP contribution is 2.30. The zero-order chi connectivity index (χ0) is 16.6. The minimum absolute atomic E-state index is 0.0475. The number of carbonyl (C=O) groups is 1. The first kappa shape index (κ1) is 15.6. The van der Waals surface area contributed by atoms with E-state index in [1.165, 1.54) is 0 Å². The van der Waals surface area contributed by atoms with Crippen molar-refractivity contribution in [2.75, 3.05) is 5.73 Å². The molecular weight excluding hydrogens is 306 g/mol. The first-order chi connectivity index (χ1) is 10.2. The van der Waals surface area contributed by atoms with E-state index < -0.39 is 52.5 Å². The van der Waals surface area contributed by atoms with Crippen molar-refractivity contribution in [3.8, 4) is 5.75 Å². The lowest BCUT2D eigenvalue weighted by atomic mass is 9.99. The smallest absolute Gasteiger partial charge is 0.339 e. The van der Waals surface area contributed by atoms with Crippen LogP contribution in [0.4, 0.5) is 23.2 Å². The van der Waals surface area contributed by atoms with Gasteiger partial charge >= 0.3 is 5.97 Å². The molecule has 0 unspecified atom stereocenters. The molecular formula is C14H9F4NO3. The van der Waals surface area contributed by atoms with Gasteiger partial charge in [0.15, 0.2) is 23.3 Å². The number of hydrogen-bond donors (Lipinski definition) is 3. The molecule has 0 spiro atoms. The van der Waals surface area contributed by atoms with Crippen molar-refractivity contribution in [1.82, 2.24) is 0 Å². The largest absolute Gasteiger partial charge is 0.507 e. The molecule has 0 saturated carbocycles. The Morgan fingerprint density at radius 2 is 1.64 bits per heavy atom. The third-order valence-corrected chi connectivity index (χ3v) is 3.00. The Morgan fingerprint density at radius 1 is 1.00 bits per heavy atom. The molecule has 4 N–H and O–H groups in total. The number of carboxylic acids is 1. The van der Waals surface area contributed by atoms with Crippen LogP contribution in [-0.2, 0) is 6.42 Å². The average Bonchev–Trinajstić information content (AvgIpc) is 2.45. The van der Waals surface area contributed by atoms with E-state index in [1.807, 2.05) is 0 Å². The quantitative estimate of drug-likeness (QED) is 0.267. The number of aromatic carboxylic acids is 1. The number of carboxylic acid groups (broad SMARTS) is 1. The summed E-state index contributed by atoms with van der Waals surface area (Å²) in [7, 11) is 0. The summed E-state index contributed by atoms with van der Waals surface area (Å²) in [5.41, 5.74) is 4.12. The first-order valence-corrected chi connectivity index (χ1v) is 5.89. The van der Waals surface area contributed by atoms with Crippen LogP contribution < -0.4 is 5.73 Å². The van der Waals surface area contributed by atoms with Gasteiger partial charge in [-0.15, -0.1) is 0 Å². The number of aromatic hydroxyl groups is 1. The Hall–Kier alpha value is -2.77. The number of phenols is 1. The van der Waals surface area contributed by atoms with Gasteiger partial charge in [0.2, 0.25) is 0 Å². The number of anilines is 1. The second kappa shape index (κ2) is 5.55. The molecule has 0 atom stereocenters. The number of benzene rings is 2. The topological polar surface area (TPSA) is 83.5 Å². The van der Waals surface area contributed by atoms with E-state index in [0.29, 0.717) is 6.07 Å². The minimum atomic E-state index is -1.99. The van der Waals surface area contributed by atoms with Crippen LogP contribution in [-0.4, -0.2) is 16.2 Å². The van der Waals surface area contributed by atoms with Crippen molar-refractivity contribution in [2.45, 2.75) is 6.42 Å². The number of nitrogens with two attached hydrogens (primary N) is 1. The Bertz CT molecular complexity index is 777. The molecule has 0 bridgehead atoms. The van der Waals surface area contributed by atoms with Crippen molar-refractivity contribution >= 4 is 11.7 Å². The van der Waals surface area contributed by atoms with E-state index in [4.69, 9.17) is 10.8 Å². The van der Waals surface area contributed by atoms with Gasteiger partial charge in [0.05, 0.1) is 0 Å². The summed E-state index contributed by atoms with van der Waals surface area (Å²) in [5.74, 6) is -9.37. The third-order valence-electron chi connectivity index (χ3n) is 3.00. The molecule has 2 aromatic carbocycles. The maximum Gasteiger partial charge on any atom is 0.339 e. The lowest BCUT2D eigenvalue weighted by molar-refractivity contribution is 0.0693. The van der Waals surface area contributed by atoms with Gasteiger partial charge in [-0.1, -0.05) is 0 Å². The molecule has 22 heavy (non-hydrogen) atoms. The van der Waals surface area contributed by atoms with Crippen LogP contribution >= 0.6 is 0 Å². The number of nitrogen functional groups attached to an aromatic ring is 1. The van der Waals surface area contributed by atoms with Crippen molar-refractivity contribution in [3.63, 3.8) is 0 Å². The van der Waals surface area contributed by atoms with Crippen LogP contribution in [0.15, 0.2) is 18.2 Å². The maximum atomic E-state index is 13.6. The summed E-state index contributed by atoms with van der Waals surface area (Å²) in [6, 6.07) is 2.53. The lowest BCUT2D eigenvalue weighted by Gasteiger charge is -2.10. The summed E-state index contributed by atoms with van der Waals surface area (Å²) >= 11 is 0. The monoisotopic (exact) mass is 315 g/mol. The van der Waals surface area contributed by atoms with Crippen molar-refractivity contribution in [2.24, 2.45) is 0 Å². The fourth-order valence-electron chi connectivity index (χ4n) is 1.97. The molecule has 116 valence electrons. The predicted molar refractivity (Wildman–Crippen MR) is 68.6 cm³/mol. The zero-order valence-electron chi connectivity index (χ0n) is 10.8. The van der Waals surface area contributed by atoms with E-state index in [1.54, 1.807) is 0 Å². The summed E-state index contributed by atoms with van der Waals surface area (Å²) in [6.07, 6.45) is -0.572. The summed E-state index contributed by atoms with van der Waals surface area (Å²) in [6.45, 7) is 0. The van der Waals surface area contributed by atoms with Crippen LogP contribution in [0.2, 0.25) is 0 Å². The van der Waals surface area contributed by atoms with E-state index in [2.05, 4.69) is 0 Å². The summed E-state index contributed by atoms with van der Waals surface area (Å²) in [4.78, 5) is 10.9. The van der Waals surface area contributed by atoms with Crippen molar-refractivity contribution in [1.29, 1.82) is 0 Å². The molecule has 2 rings (SSSR count).